The van der Waals surface area contributed by atoms with Crippen molar-refractivity contribution in [3.8, 4) is 0 Å². The van der Waals surface area contributed by atoms with Crippen molar-refractivity contribution in [2.75, 3.05) is 0 Å². The van der Waals surface area contributed by atoms with E-state index in [4.69, 9.17) is 4.74 Å². The molecule has 1 unspecified atom stereocenters. The predicted octanol–water partition coefficient (Wildman–Crippen LogP) is 6.74. The topological polar surface area (TPSA) is 38.3 Å². The van der Waals surface area contributed by atoms with Crippen molar-refractivity contribution < 1.29 is 9.53 Å². The van der Waals surface area contributed by atoms with Gasteiger partial charge in [0, 0.05) is 6.04 Å². The summed E-state index contributed by atoms with van der Waals surface area (Å²) in [5.41, 5.74) is -0.292. The van der Waals surface area contributed by atoms with Crippen LogP contribution in [-0.4, -0.2) is 17.7 Å². The number of nitrogens with one attached hydrogen (secondary N) is 1. The van der Waals surface area contributed by atoms with Crippen LogP contribution in [0.1, 0.15) is 117 Å². The molecule has 0 radical (unpaired) electrons. The summed E-state index contributed by atoms with van der Waals surface area (Å²) in [5.74, 6) is 0. The monoisotopic (exact) mass is 339 g/mol. The van der Waals surface area contributed by atoms with Gasteiger partial charge in [0.15, 0.2) is 0 Å². The first kappa shape index (κ1) is 21.3. The third-order valence-corrected chi connectivity index (χ3v) is 5.34. The van der Waals surface area contributed by atoms with Crippen LogP contribution < -0.4 is 5.32 Å². The standard InChI is InChI=1S/C21H41NO2/c1-4-16-19(2)22-20(23)24-21(3)17-14-12-10-8-6-5-7-9-11-13-15-18-21/h19H,4-18H2,1-3H3,(H,22,23). The molecule has 0 aromatic rings. The van der Waals surface area contributed by atoms with Gasteiger partial charge in [-0.05, 0) is 46.0 Å². The smallest absolute Gasteiger partial charge is 0.407 e. The van der Waals surface area contributed by atoms with Gasteiger partial charge >= 0.3 is 6.09 Å². The molecule has 3 heteroatoms. The van der Waals surface area contributed by atoms with Gasteiger partial charge in [0.05, 0.1) is 0 Å². The lowest BCUT2D eigenvalue weighted by Gasteiger charge is -2.31. The SMILES string of the molecule is CCCC(C)NC(=O)OC1(C)CCCCCCCCCCCCC1. The van der Waals surface area contributed by atoms with E-state index < -0.39 is 0 Å². The minimum atomic E-state index is -0.292. The molecule has 1 atom stereocenters. The molecule has 0 aromatic heterocycles. The maximum Gasteiger partial charge on any atom is 0.407 e. The molecule has 0 bridgehead atoms. The molecule has 1 amide bonds. The van der Waals surface area contributed by atoms with Crippen LogP contribution >= 0.6 is 0 Å². The molecule has 0 aromatic carbocycles. The van der Waals surface area contributed by atoms with E-state index in [1.807, 2.05) is 0 Å². The second-order valence-electron chi connectivity index (χ2n) is 8.06. The maximum atomic E-state index is 12.2. The largest absolute Gasteiger partial charge is 0.443 e. The molecule has 1 saturated carbocycles. The van der Waals surface area contributed by atoms with E-state index in [0.29, 0.717) is 0 Å². The number of ether oxygens (including phenoxy) is 1. The number of carbonyl (C=O) groups excluding carboxylic acids is 1. The van der Waals surface area contributed by atoms with Crippen molar-refractivity contribution in [2.45, 2.75) is 129 Å². The van der Waals surface area contributed by atoms with Gasteiger partial charge in [0.1, 0.15) is 5.60 Å². The van der Waals surface area contributed by atoms with Crippen molar-refractivity contribution in [1.29, 1.82) is 0 Å². The molecule has 0 saturated heterocycles. The first-order valence-electron chi connectivity index (χ1n) is 10.6. The van der Waals surface area contributed by atoms with Gasteiger partial charge in [-0.15, -0.1) is 0 Å². The molecule has 0 heterocycles. The van der Waals surface area contributed by atoms with Crippen LogP contribution in [0, 0.1) is 0 Å². The summed E-state index contributed by atoms with van der Waals surface area (Å²) in [5, 5.41) is 3.00. The second-order valence-corrected chi connectivity index (χ2v) is 8.06. The lowest BCUT2D eigenvalue weighted by molar-refractivity contribution is 0.00690. The minimum Gasteiger partial charge on any atom is -0.443 e. The van der Waals surface area contributed by atoms with Gasteiger partial charge in [0.25, 0.3) is 0 Å². The quantitative estimate of drug-likeness (QED) is 0.615. The van der Waals surface area contributed by atoms with Gasteiger partial charge in [-0.1, -0.05) is 71.1 Å². The minimum absolute atomic E-state index is 0.199. The van der Waals surface area contributed by atoms with Crippen molar-refractivity contribution >= 4 is 6.09 Å². The molecule has 0 spiro atoms. The van der Waals surface area contributed by atoms with E-state index >= 15 is 0 Å². The fraction of sp³-hybridized carbons (Fsp3) is 0.952. The van der Waals surface area contributed by atoms with Crippen LogP contribution in [0.5, 0.6) is 0 Å². The first-order valence-corrected chi connectivity index (χ1v) is 10.6. The van der Waals surface area contributed by atoms with Gasteiger partial charge in [-0.2, -0.15) is 0 Å². The zero-order chi connectivity index (χ0) is 17.7. The predicted molar refractivity (Wildman–Crippen MR) is 102 cm³/mol. The van der Waals surface area contributed by atoms with E-state index in [-0.39, 0.29) is 17.7 Å². The summed E-state index contributed by atoms with van der Waals surface area (Å²) in [7, 11) is 0. The van der Waals surface area contributed by atoms with Crippen LogP contribution in [0.3, 0.4) is 0 Å². The average Bonchev–Trinajstić information content (AvgIpc) is 2.51. The van der Waals surface area contributed by atoms with Crippen molar-refractivity contribution in [2.24, 2.45) is 0 Å². The lowest BCUT2D eigenvalue weighted by Crippen LogP contribution is -2.40. The summed E-state index contributed by atoms with van der Waals surface area (Å²) < 4.78 is 5.91. The molecule has 1 N–H and O–H groups in total. The fourth-order valence-electron chi connectivity index (χ4n) is 3.78. The number of hydrogen-bond acceptors (Lipinski definition) is 2. The van der Waals surface area contributed by atoms with Crippen LogP contribution in [-0.2, 0) is 4.74 Å². The van der Waals surface area contributed by atoms with Gasteiger partial charge < -0.3 is 10.1 Å². The Bertz CT molecular complexity index is 316. The molecule has 24 heavy (non-hydrogen) atoms. The molecule has 1 fully saturated rings. The number of alkyl carbamates (subject to hydrolysis) is 1. The Hall–Kier alpha value is -0.730. The fourth-order valence-corrected chi connectivity index (χ4v) is 3.78. The first-order chi connectivity index (χ1) is 11.6. The van der Waals surface area contributed by atoms with E-state index in [2.05, 4.69) is 26.1 Å². The van der Waals surface area contributed by atoms with Gasteiger partial charge in [-0.25, -0.2) is 4.79 Å². The molecule has 1 aliphatic carbocycles. The lowest BCUT2D eigenvalue weighted by atomic mass is 9.90. The average molecular weight is 340 g/mol. The molecule has 1 aliphatic rings. The zero-order valence-electron chi connectivity index (χ0n) is 16.5. The summed E-state index contributed by atoms with van der Waals surface area (Å²) in [4.78, 5) is 12.2. The Morgan fingerprint density at radius 3 is 1.75 bits per heavy atom. The Labute approximate surface area is 150 Å². The highest BCUT2D eigenvalue weighted by Crippen LogP contribution is 2.27. The van der Waals surface area contributed by atoms with Crippen LogP contribution in [0.4, 0.5) is 4.79 Å². The molecule has 0 aliphatic heterocycles. The van der Waals surface area contributed by atoms with Crippen molar-refractivity contribution in [3.05, 3.63) is 0 Å². The second kappa shape index (κ2) is 12.6. The van der Waals surface area contributed by atoms with Crippen molar-refractivity contribution in [3.63, 3.8) is 0 Å². The molecule has 3 nitrogen and oxygen atoms in total. The third kappa shape index (κ3) is 10.2. The van der Waals surface area contributed by atoms with Crippen LogP contribution in [0.25, 0.3) is 0 Å². The number of hydrogen-bond donors (Lipinski definition) is 1. The Morgan fingerprint density at radius 2 is 1.33 bits per heavy atom. The Morgan fingerprint density at radius 1 is 0.917 bits per heavy atom. The molecule has 142 valence electrons. The number of rotatable bonds is 4. The normalized spacial score (nSPS) is 22.1. The van der Waals surface area contributed by atoms with Gasteiger partial charge in [0.2, 0.25) is 0 Å². The molecular formula is C21H41NO2. The number of amides is 1. The summed E-state index contributed by atoms with van der Waals surface area (Å²) in [6.45, 7) is 6.34. The summed E-state index contributed by atoms with van der Waals surface area (Å²) in [6.07, 6.45) is 18.4. The van der Waals surface area contributed by atoms with E-state index in [1.54, 1.807) is 0 Å². The van der Waals surface area contributed by atoms with E-state index in [9.17, 15) is 4.79 Å². The van der Waals surface area contributed by atoms with E-state index in [0.717, 1.165) is 25.7 Å². The van der Waals surface area contributed by atoms with Gasteiger partial charge in [-0.3, -0.25) is 0 Å². The third-order valence-electron chi connectivity index (χ3n) is 5.34. The Balaban J connectivity index is 2.48. The summed E-state index contributed by atoms with van der Waals surface area (Å²) >= 11 is 0. The highest BCUT2D eigenvalue weighted by molar-refractivity contribution is 5.68. The van der Waals surface area contributed by atoms with Crippen LogP contribution in [0.15, 0.2) is 0 Å². The Kier molecular flexibility index (Phi) is 11.2. The maximum absolute atomic E-state index is 12.2. The zero-order valence-corrected chi connectivity index (χ0v) is 16.5. The van der Waals surface area contributed by atoms with E-state index in [1.165, 1.54) is 70.6 Å². The highest BCUT2D eigenvalue weighted by atomic mass is 16.6. The summed E-state index contributed by atoms with van der Waals surface area (Å²) in [6, 6.07) is 0.199. The van der Waals surface area contributed by atoms with Crippen molar-refractivity contribution in [1.82, 2.24) is 5.32 Å². The number of carbonyl (C=O) groups is 1. The highest BCUT2D eigenvalue weighted by Gasteiger charge is 2.28. The molecular weight excluding hydrogens is 298 g/mol. The molecule has 1 rings (SSSR count). The van der Waals surface area contributed by atoms with Crippen LogP contribution in [0.2, 0.25) is 0 Å².